The molecule has 2 heterocycles. The predicted octanol–water partition coefficient (Wildman–Crippen LogP) is 1.91. The zero-order valence-electron chi connectivity index (χ0n) is 14.5. The lowest BCUT2D eigenvalue weighted by Crippen LogP contribution is -2.37. The number of carbonyl (C=O) groups is 1. The molecule has 0 unspecified atom stereocenters. The zero-order valence-corrected chi connectivity index (χ0v) is 14.5. The minimum atomic E-state index is -0.451. The van der Waals surface area contributed by atoms with Gasteiger partial charge in [0.1, 0.15) is 5.58 Å². The number of benzene rings is 1. The van der Waals surface area contributed by atoms with E-state index in [1.54, 1.807) is 6.07 Å². The lowest BCUT2D eigenvalue weighted by molar-refractivity contribution is -0.143. The molecule has 1 aliphatic heterocycles. The first kappa shape index (κ1) is 17.6. The Kier molecular flexibility index (Phi) is 5.83. The van der Waals surface area contributed by atoms with Gasteiger partial charge in [-0.25, -0.2) is 4.79 Å². The van der Waals surface area contributed by atoms with Crippen LogP contribution in [0.3, 0.4) is 0 Å². The third-order valence-corrected chi connectivity index (χ3v) is 4.31. The summed E-state index contributed by atoms with van der Waals surface area (Å²) in [7, 11) is 0. The number of carbonyl (C=O) groups excluding carboxylic acids is 1. The number of morpholine rings is 1. The van der Waals surface area contributed by atoms with Crippen LogP contribution in [0.4, 0.5) is 0 Å². The summed E-state index contributed by atoms with van der Waals surface area (Å²) in [4.78, 5) is 26.1. The molecule has 0 saturated carbocycles. The maximum Gasteiger partial charge on any atom is 0.336 e. The van der Waals surface area contributed by atoms with E-state index in [0.717, 1.165) is 50.2 Å². The Morgan fingerprint density at radius 3 is 2.84 bits per heavy atom. The minimum absolute atomic E-state index is 0.0721. The molecule has 6 heteroatoms. The first-order valence-corrected chi connectivity index (χ1v) is 8.61. The Morgan fingerprint density at radius 2 is 2.04 bits per heavy atom. The first-order valence-electron chi connectivity index (χ1n) is 8.61. The number of ether oxygens (including phenoxy) is 2. The molecule has 0 spiro atoms. The van der Waals surface area contributed by atoms with Gasteiger partial charge in [0.05, 0.1) is 26.2 Å². The first-order chi connectivity index (χ1) is 12.1. The average Bonchev–Trinajstić information content (AvgIpc) is 2.59. The van der Waals surface area contributed by atoms with Crippen LogP contribution in [0.2, 0.25) is 0 Å². The summed E-state index contributed by atoms with van der Waals surface area (Å²) in [6.07, 6.45) is 0.866. The fourth-order valence-corrected chi connectivity index (χ4v) is 2.99. The smallest absolute Gasteiger partial charge is 0.336 e. The van der Waals surface area contributed by atoms with Crippen LogP contribution >= 0.6 is 0 Å². The summed E-state index contributed by atoms with van der Waals surface area (Å²) in [5.41, 5.74) is 1.69. The SMILES string of the molecule is Cc1ccc2c(CC(=O)OCCCN3CCOCC3)cc(=O)oc2c1. The highest BCUT2D eigenvalue weighted by Crippen LogP contribution is 2.19. The third kappa shape index (κ3) is 4.90. The summed E-state index contributed by atoms with van der Waals surface area (Å²) in [5, 5.41) is 0.774. The van der Waals surface area contributed by atoms with Gasteiger partial charge in [-0.2, -0.15) is 0 Å². The van der Waals surface area contributed by atoms with E-state index >= 15 is 0 Å². The van der Waals surface area contributed by atoms with Crippen LogP contribution in [0.1, 0.15) is 17.5 Å². The van der Waals surface area contributed by atoms with Crippen molar-refractivity contribution in [1.82, 2.24) is 4.90 Å². The van der Waals surface area contributed by atoms with Crippen molar-refractivity contribution in [3.05, 3.63) is 45.8 Å². The number of hydrogen-bond donors (Lipinski definition) is 0. The highest BCUT2D eigenvalue weighted by Gasteiger charge is 2.13. The van der Waals surface area contributed by atoms with Gasteiger partial charge in [0.15, 0.2) is 0 Å². The number of esters is 1. The summed E-state index contributed by atoms with van der Waals surface area (Å²) >= 11 is 0. The molecule has 0 amide bonds. The molecule has 3 rings (SSSR count). The van der Waals surface area contributed by atoms with Crippen LogP contribution < -0.4 is 5.63 Å². The maximum atomic E-state index is 12.1. The van der Waals surface area contributed by atoms with Crippen molar-refractivity contribution in [2.75, 3.05) is 39.5 Å². The number of hydrogen-bond acceptors (Lipinski definition) is 6. The molecular formula is C19H23NO5. The quantitative estimate of drug-likeness (QED) is 0.453. The van der Waals surface area contributed by atoms with Crippen LogP contribution in [0.5, 0.6) is 0 Å². The van der Waals surface area contributed by atoms with E-state index in [9.17, 15) is 9.59 Å². The number of fused-ring (bicyclic) bond motifs is 1. The molecule has 0 aliphatic carbocycles. The van der Waals surface area contributed by atoms with Gasteiger partial charge in [-0.05, 0) is 30.5 Å². The van der Waals surface area contributed by atoms with Crippen molar-refractivity contribution in [3.63, 3.8) is 0 Å². The molecule has 6 nitrogen and oxygen atoms in total. The normalized spacial score (nSPS) is 15.4. The molecular weight excluding hydrogens is 322 g/mol. The summed E-state index contributed by atoms with van der Waals surface area (Å²) in [6.45, 7) is 6.60. The standard InChI is InChI=1S/C19H23NO5/c1-14-3-4-16-15(13-19(22)25-17(16)11-14)12-18(21)24-8-2-5-20-6-9-23-10-7-20/h3-4,11,13H,2,5-10,12H2,1H3. The minimum Gasteiger partial charge on any atom is -0.465 e. The average molecular weight is 345 g/mol. The van der Waals surface area contributed by atoms with Gasteiger partial charge in [0.2, 0.25) is 0 Å². The topological polar surface area (TPSA) is 69.0 Å². The van der Waals surface area contributed by atoms with Gasteiger partial charge in [-0.1, -0.05) is 12.1 Å². The second-order valence-corrected chi connectivity index (χ2v) is 6.30. The second-order valence-electron chi connectivity index (χ2n) is 6.30. The molecule has 0 atom stereocenters. The molecule has 0 radical (unpaired) electrons. The Labute approximate surface area is 146 Å². The van der Waals surface area contributed by atoms with Crippen LogP contribution in [0.15, 0.2) is 33.5 Å². The molecule has 134 valence electrons. The van der Waals surface area contributed by atoms with Gasteiger partial charge >= 0.3 is 11.6 Å². The maximum absolute atomic E-state index is 12.1. The van der Waals surface area contributed by atoms with Crippen molar-refractivity contribution in [1.29, 1.82) is 0 Å². The molecule has 1 fully saturated rings. The lowest BCUT2D eigenvalue weighted by Gasteiger charge is -2.26. The van der Waals surface area contributed by atoms with E-state index in [-0.39, 0.29) is 12.4 Å². The number of aryl methyl sites for hydroxylation is 1. The molecule has 25 heavy (non-hydrogen) atoms. The highest BCUT2D eigenvalue weighted by molar-refractivity contribution is 5.85. The molecule has 2 aromatic rings. The predicted molar refractivity (Wildman–Crippen MR) is 93.8 cm³/mol. The van der Waals surface area contributed by atoms with Crippen molar-refractivity contribution >= 4 is 16.9 Å². The van der Waals surface area contributed by atoms with Crippen molar-refractivity contribution in [2.24, 2.45) is 0 Å². The molecule has 1 saturated heterocycles. The Balaban J connectivity index is 1.54. The van der Waals surface area contributed by atoms with E-state index < -0.39 is 5.63 Å². The van der Waals surface area contributed by atoms with Gasteiger partial charge in [0, 0.05) is 31.1 Å². The molecule has 0 bridgehead atoms. The van der Waals surface area contributed by atoms with Crippen molar-refractivity contribution in [2.45, 2.75) is 19.8 Å². The molecule has 1 aromatic heterocycles. The van der Waals surface area contributed by atoms with Gasteiger partial charge < -0.3 is 13.9 Å². The van der Waals surface area contributed by atoms with Gasteiger partial charge in [-0.15, -0.1) is 0 Å². The zero-order chi connectivity index (χ0) is 17.6. The van der Waals surface area contributed by atoms with Gasteiger partial charge in [0.25, 0.3) is 0 Å². The van der Waals surface area contributed by atoms with Crippen LogP contribution in [-0.2, 0) is 20.7 Å². The third-order valence-electron chi connectivity index (χ3n) is 4.31. The van der Waals surface area contributed by atoms with E-state index in [1.807, 2.05) is 19.1 Å². The van der Waals surface area contributed by atoms with Crippen molar-refractivity contribution in [3.8, 4) is 0 Å². The monoisotopic (exact) mass is 345 g/mol. The van der Waals surface area contributed by atoms with E-state index in [0.29, 0.717) is 17.8 Å². The van der Waals surface area contributed by atoms with E-state index in [2.05, 4.69) is 4.90 Å². The van der Waals surface area contributed by atoms with Crippen LogP contribution in [-0.4, -0.2) is 50.3 Å². The van der Waals surface area contributed by atoms with Crippen LogP contribution in [0, 0.1) is 6.92 Å². The summed E-state index contributed by atoms with van der Waals surface area (Å²) in [6, 6.07) is 6.97. The number of rotatable bonds is 6. The highest BCUT2D eigenvalue weighted by atomic mass is 16.5. The van der Waals surface area contributed by atoms with E-state index in [4.69, 9.17) is 13.9 Å². The van der Waals surface area contributed by atoms with Gasteiger partial charge in [-0.3, -0.25) is 9.69 Å². The molecule has 1 aromatic carbocycles. The van der Waals surface area contributed by atoms with E-state index in [1.165, 1.54) is 6.07 Å². The van der Waals surface area contributed by atoms with Crippen molar-refractivity contribution < 1.29 is 18.7 Å². The fourth-order valence-electron chi connectivity index (χ4n) is 2.99. The Hall–Kier alpha value is -2.18. The second kappa shape index (κ2) is 8.27. The summed E-state index contributed by atoms with van der Waals surface area (Å²) < 4.78 is 15.8. The lowest BCUT2D eigenvalue weighted by atomic mass is 10.1. The molecule has 0 N–H and O–H groups in total. The van der Waals surface area contributed by atoms with Crippen LogP contribution in [0.25, 0.3) is 11.0 Å². The Morgan fingerprint density at radius 1 is 1.24 bits per heavy atom. The fraction of sp³-hybridized carbons (Fsp3) is 0.474. The summed E-state index contributed by atoms with van der Waals surface area (Å²) in [5.74, 6) is -0.325. The number of nitrogens with zero attached hydrogens (tertiary/aromatic N) is 1. The Bertz CT molecular complexity index is 792. The molecule has 1 aliphatic rings. The largest absolute Gasteiger partial charge is 0.465 e.